The lowest BCUT2D eigenvalue weighted by molar-refractivity contribution is -0.0504. The molecule has 0 bridgehead atoms. The first-order valence-corrected chi connectivity index (χ1v) is 9.14. The second-order valence-corrected chi connectivity index (χ2v) is 6.68. The topological polar surface area (TPSA) is 78.1 Å². The summed E-state index contributed by atoms with van der Waals surface area (Å²) in [6, 6.07) is 12.2. The third-order valence-corrected chi connectivity index (χ3v) is 4.62. The van der Waals surface area contributed by atoms with Gasteiger partial charge < -0.3 is 25.3 Å². The lowest BCUT2D eigenvalue weighted by atomic mass is 10.1. The summed E-state index contributed by atoms with van der Waals surface area (Å²) in [5.74, 6) is 1.83. The van der Waals surface area contributed by atoms with Crippen LogP contribution in [-0.2, 0) is 0 Å². The highest BCUT2D eigenvalue weighted by atomic mass is 127. The third kappa shape index (κ3) is 5.40. The molecule has 9 heteroatoms. The van der Waals surface area contributed by atoms with Gasteiger partial charge >= 0.3 is 6.61 Å². The van der Waals surface area contributed by atoms with Crippen molar-refractivity contribution < 1.29 is 23.0 Å². The van der Waals surface area contributed by atoms with Crippen LogP contribution in [0.1, 0.15) is 24.3 Å². The SMILES string of the molecule is I.NC(=N[C@H]1C[C@@H]1c1ccccc1OC(F)F)Nc1ccc2c(c1)OCCCO2. The standard InChI is InChI=1S/C20H21F2N3O3.HI/c21-19(22)28-16-5-2-1-4-13(16)14-11-15(14)25-20(23)24-12-6-7-17-18(10-12)27-9-3-8-26-17;/h1-2,4-7,10,14-15,19H,3,8-9,11H2,(H3,23,24,25);1H/t14-,15+;/m1./s1. The number of alkyl halides is 2. The van der Waals surface area contributed by atoms with E-state index < -0.39 is 6.61 Å². The number of benzene rings is 2. The minimum absolute atomic E-state index is 0. The summed E-state index contributed by atoms with van der Waals surface area (Å²) in [6.07, 6.45) is 1.56. The van der Waals surface area contributed by atoms with E-state index in [0.717, 1.165) is 24.1 Å². The molecule has 0 spiro atoms. The summed E-state index contributed by atoms with van der Waals surface area (Å²) in [5.41, 5.74) is 7.49. The van der Waals surface area contributed by atoms with Gasteiger partial charge in [-0.25, -0.2) is 4.99 Å². The second kappa shape index (κ2) is 9.47. The van der Waals surface area contributed by atoms with E-state index in [0.29, 0.717) is 24.7 Å². The largest absolute Gasteiger partial charge is 0.490 e. The lowest BCUT2D eigenvalue weighted by Gasteiger charge is -2.11. The highest BCUT2D eigenvalue weighted by Crippen LogP contribution is 2.47. The first kappa shape index (κ1) is 21.4. The number of hydrogen-bond acceptors (Lipinski definition) is 4. The van der Waals surface area contributed by atoms with Crippen LogP contribution in [-0.4, -0.2) is 31.8 Å². The molecule has 1 fully saturated rings. The van der Waals surface area contributed by atoms with E-state index in [-0.39, 0.29) is 47.6 Å². The van der Waals surface area contributed by atoms with Crippen LogP contribution in [0.15, 0.2) is 47.5 Å². The van der Waals surface area contributed by atoms with Crippen LogP contribution in [0.4, 0.5) is 14.5 Å². The Morgan fingerprint density at radius 3 is 2.69 bits per heavy atom. The average Bonchev–Trinajstić information content (AvgIpc) is 3.44. The Hall–Kier alpha value is -2.30. The second-order valence-electron chi connectivity index (χ2n) is 6.68. The molecule has 2 atom stereocenters. The number of nitrogens with zero attached hydrogens (tertiary/aromatic N) is 1. The number of para-hydroxylation sites is 1. The van der Waals surface area contributed by atoms with E-state index in [2.05, 4.69) is 15.0 Å². The van der Waals surface area contributed by atoms with E-state index in [1.54, 1.807) is 24.3 Å². The summed E-state index contributed by atoms with van der Waals surface area (Å²) >= 11 is 0. The molecule has 1 aliphatic carbocycles. The molecule has 2 aromatic carbocycles. The quantitative estimate of drug-likeness (QED) is 0.351. The van der Waals surface area contributed by atoms with Gasteiger partial charge in [-0.2, -0.15) is 8.78 Å². The number of fused-ring (bicyclic) bond motifs is 1. The number of aliphatic imine (C=N–C) groups is 1. The van der Waals surface area contributed by atoms with Gasteiger partial charge in [-0.1, -0.05) is 18.2 Å². The van der Waals surface area contributed by atoms with E-state index in [1.807, 2.05) is 18.2 Å². The Balaban J connectivity index is 0.00000240. The van der Waals surface area contributed by atoms with Gasteiger partial charge in [-0.3, -0.25) is 0 Å². The average molecular weight is 517 g/mol. The van der Waals surface area contributed by atoms with Crippen molar-refractivity contribution in [2.75, 3.05) is 18.5 Å². The molecule has 0 saturated heterocycles. The number of nitrogens with one attached hydrogen (secondary N) is 1. The Bertz CT molecular complexity index is 882. The number of anilines is 1. The van der Waals surface area contributed by atoms with Gasteiger partial charge in [0, 0.05) is 24.1 Å². The van der Waals surface area contributed by atoms with Crippen molar-refractivity contribution in [3.05, 3.63) is 48.0 Å². The minimum Gasteiger partial charge on any atom is -0.490 e. The molecule has 0 radical (unpaired) electrons. The van der Waals surface area contributed by atoms with E-state index in [4.69, 9.17) is 15.2 Å². The van der Waals surface area contributed by atoms with Crippen LogP contribution in [0.5, 0.6) is 17.2 Å². The van der Waals surface area contributed by atoms with Crippen LogP contribution in [0, 0.1) is 0 Å². The van der Waals surface area contributed by atoms with Crippen molar-refractivity contribution >= 4 is 35.6 Å². The van der Waals surface area contributed by atoms with Crippen molar-refractivity contribution in [2.24, 2.45) is 10.7 Å². The van der Waals surface area contributed by atoms with Crippen LogP contribution >= 0.6 is 24.0 Å². The monoisotopic (exact) mass is 517 g/mol. The highest BCUT2D eigenvalue weighted by molar-refractivity contribution is 14.0. The first-order chi connectivity index (χ1) is 13.6. The van der Waals surface area contributed by atoms with Crippen molar-refractivity contribution in [3.63, 3.8) is 0 Å². The van der Waals surface area contributed by atoms with Gasteiger partial charge in [0.1, 0.15) is 5.75 Å². The molecule has 0 unspecified atom stereocenters. The predicted molar refractivity (Wildman–Crippen MR) is 117 cm³/mol. The van der Waals surface area contributed by atoms with Crippen molar-refractivity contribution in [2.45, 2.75) is 31.4 Å². The molecule has 4 rings (SSSR count). The van der Waals surface area contributed by atoms with Crippen LogP contribution in [0.3, 0.4) is 0 Å². The summed E-state index contributed by atoms with van der Waals surface area (Å²) in [5, 5.41) is 3.04. The summed E-state index contributed by atoms with van der Waals surface area (Å²) in [4.78, 5) is 4.46. The van der Waals surface area contributed by atoms with Gasteiger partial charge in [0.15, 0.2) is 17.5 Å². The fourth-order valence-electron chi connectivity index (χ4n) is 3.25. The van der Waals surface area contributed by atoms with Crippen LogP contribution < -0.4 is 25.3 Å². The number of ether oxygens (including phenoxy) is 3. The zero-order chi connectivity index (χ0) is 19.5. The molecular formula is C20H22F2IN3O3. The Labute approximate surface area is 184 Å². The van der Waals surface area contributed by atoms with Gasteiger partial charge in [0.2, 0.25) is 0 Å². The molecule has 156 valence electrons. The van der Waals surface area contributed by atoms with Crippen molar-refractivity contribution in [3.8, 4) is 17.2 Å². The summed E-state index contributed by atoms with van der Waals surface area (Å²) in [7, 11) is 0. The zero-order valence-electron chi connectivity index (χ0n) is 15.5. The summed E-state index contributed by atoms with van der Waals surface area (Å²) < 4.78 is 41.0. The van der Waals surface area contributed by atoms with Gasteiger partial charge in [-0.05, 0) is 30.2 Å². The van der Waals surface area contributed by atoms with E-state index in [1.165, 1.54) is 0 Å². The molecule has 3 N–H and O–H groups in total. The first-order valence-electron chi connectivity index (χ1n) is 9.14. The fraction of sp³-hybridized carbons (Fsp3) is 0.350. The molecule has 29 heavy (non-hydrogen) atoms. The summed E-state index contributed by atoms with van der Waals surface area (Å²) in [6.45, 7) is -1.62. The molecule has 6 nitrogen and oxygen atoms in total. The fourth-order valence-corrected chi connectivity index (χ4v) is 3.25. The molecular weight excluding hydrogens is 495 g/mol. The van der Waals surface area contributed by atoms with Crippen molar-refractivity contribution in [1.29, 1.82) is 0 Å². The van der Waals surface area contributed by atoms with Gasteiger partial charge in [0.25, 0.3) is 0 Å². The number of guanidine groups is 1. The predicted octanol–water partition coefficient (Wildman–Crippen LogP) is 4.35. The maximum absolute atomic E-state index is 12.6. The third-order valence-electron chi connectivity index (χ3n) is 4.62. The Kier molecular flexibility index (Phi) is 6.99. The van der Waals surface area contributed by atoms with Crippen LogP contribution in [0.25, 0.3) is 0 Å². The number of halogens is 3. The molecule has 1 aliphatic heterocycles. The number of rotatable bonds is 5. The Morgan fingerprint density at radius 1 is 1.14 bits per heavy atom. The smallest absolute Gasteiger partial charge is 0.387 e. The lowest BCUT2D eigenvalue weighted by Crippen LogP contribution is -2.23. The Morgan fingerprint density at radius 2 is 1.90 bits per heavy atom. The highest BCUT2D eigenvalue weighted by Gasteiger charge is 2.40. The zero-order valence-corrected chi connectivity index (χ0v) is 17.8. The van der Waals surface area contributed by atoms with Crippen molar-refractivity contribution in [1.82, 2.24) is 0 Å². The van der Waals surface area contributed by atoms with E-state index >= 15 is 0 Å². The maximum atomic E-state index is 12.6. The minimum atomic E-state index is -2.85. The van der Waals surface area contributed by atoms with Gasteiger partial charge in [-0.15, -0.1) is 24.0 Å². The molecule has 2 aromatic rings. The molecule has 0 aromatic heterocycles. The normalized spacial score (nSPS) is 20.4. The molecule has 0 amide bonds. The van der Waals surface area contributed by atoms with Gasteiger partial charge in [0.05, 0.1) is 19.3 Å². The number of hydrogen-bond donors (Lipinski definition) is 2. The molecule has 2 aliphatic rings. The number of nitrogens with two attached hydrogens (primary N) is 1. The van der Waals surface area contributed by atoms with Crippen LogP contribution in [0.2, 0.25) is 0 Å². The van der Waals surface area contributed by atoms with E-state index in [9.17, 15) is 8.78 Å². The maximum Gasteiger partial charge on any atom is 0.387 e. The molecule has 1 heterocycles. The molecule has 1 saturated carbocycles.